The highest BCUT2D eigenvalue weighted by atomic mass is 16.7. The summed E-state index contributed by atoms with van der Waals surface area (Å²) in [4.78, 5) is 10.7. The molecule has 1 rings (SSSR count). The van der Waals surface area contributed by atoms with Crippen molar-refractivity contribution in [3.63, 3.8) is 0 Å². The second-order valence-electron chi connectivity index (χ2n) is 2.65. The van der Waals surface area contributed by atoms with E-state index in [1.54, 1.807) is 0 Å². The fourth-order valence-electron chi connectivity index (χ4n) is 0.929. The molecule has 0 saturated carbocycles. The Balaban J connectivity index is 2.77. The molecule has 0 radical (unpaired) electrons. The molecule has 6 heteroatoms. The molecule has 4 N–H and O–H groups in total. The van der Waals surface area contributed by atoms with Gasteiger partial charge in [-0.3, -0.25) is 4.79 Å². The van der Waals surface area contributed by atoms with E-state index in [2.05, 4.69) is 4.74 Å². The van der Waals surface area contributed by atoms with Gasteiger partial charge in [0.15, 0.2) is 5.78 Å². The largest absolute Gasteiger partial charge is 0.391 e. The van der Waals surface area contributed by atoms with Crippen LogP contribution in [-0.2, 0) is 9.53 Å². The zero-order valence-electron chi connectivity index (χ0n) is 6.17. The maximum Gasteiger partial charge on any atom is 0.219 e. The molecule has 0 aromatic heterocycles. The number of ether oxygens (including phenoxy) is 1. The summed E-state index contributed by atoms with van der Waals surface area (Å²) >= 11 is 0. The van der Waals surface area contributed by atoms with Crippen molar-refractivity contribution < 1.29 is 30.0 Å². The molecule has 1 heterocycles. The molecule has 0 amide bonds. The van der Waals surface area contributed by atoms with E-state index in [0.29, 0.717) is 0 Å². The maximum absolute atomic E-state index is 10.7. The van der Waals surface area contributed by atoms with Crippen molar-refractivity contribution in [1.82, 2.24) is 0 Å². The summed E-state index contributed by atoms with van der Waals surface area (Å²) in [5, 5.41) is 35.8. The highest BCUT2D eigenvalue weighted by Crippen LogP contribution is 2.20. The van der Waals surface area contributed by atoms with Crippen molar-refractivity contribution in [1.29, 1.82) is 0 Å². The van der Waals surface area contributed by atoms with Gasteiger partial charge in [-0.2, -0.15) is 0 Å². The van der Waals surface area contributed by atoms with Gasteiger partial charge in [-0.05, 0) is 0 Å². The van der Waals surface area contributed by atoms with Gasteiger partial charge < -0.3 is 25.2 Å². The summed E-state index contributed by atoms with van der Waals surface area (Å²) in [6, 6.07) is 0. The standard InChI is InChI=1S/C6H10O6/c7-2-6(11)5(10)4(9)3(8)1-12-6/h4-5,7,9-11H,1-2H2/t4-,5+,6+/m1/s1. The minimum Gasteiger partial charge on any atom is -0.391 e. The number of ketones is 1. The molecule has 0 spiro atoms. The average molecular weight is 178 g/mol. The Morgan fingerprint density at radius 2 is 2.17 bits per heavy atom. The molecular weight excluding hydrogens is 168 g/mol. The molecule has 70 valence electrons. The molecule has 1 aliphatic rings. The van der Waals surface area contributed by atoms with Crippen LogP contribution in [0.5, 0.6) is 0 Å². The van der Waals surface area contributed by atoms with Crippen LogP contribution in [0.3, 0.4) is 0 Å². The van der Waals surface area contributed by atoms with Crippen molar-refractivity contribution >= 4 is 5.78 Å². The summed E-state index contributed by atoms with van der Waals surface area (Å²) in [7, 11) is 0. The first-order valence-corrected chi connectivity index (χ1v) is 3.37. The van der Waals surface area contributed by atoms with Crippen LogP contribution in [0.25, 0.3) is 0 Å². The first-order chi connectivity index (χ1) is 5.51. The van der Waals surface area contributed by atoms with E-state index in [4.69, 9.17) is 15.3 Å². The van der Waals surface area contributed by atoms with E-state index in [1.807, 2.05) is 0 Å². The number of hydrogen-bond acceptors (Lipinski definition) is 6. The Hall–Kier alpha value is -0.530. The van der Waals surface area contributed by atoms with Gasteiger partial charge in [-0.15, -0.1) is 0 Å². The topological polar surface area (TPSA) is 107 Å². The third-order valence-corrected chi connectivity index (χ3v) is 1.78. The zero-order valence-corrected chi connectivity index (χ0v) is 6.17. The monoisotopic (exact) mass is 178 g/mol. The summed E-state index contributed by atoms with van der Waals surface area (Å²) < 4.78 is 4.46. The minimum absolute atomic E-state index is 0.519. The quantitative estimate of drug-likeness (QED) is 0.340. The SMILES string of the molecule is O=C1CO[C@@](O)(CO)[C@@H](O)[C@@H]1O. The molecule has 0 unspecified atom stereocenters. The molecule has 3 atom stereocenters. The lowest BCUT2D eigenvalue weighted by atomic mass is 9.99. The average Bonchev–Trinajstić information content (AvgIpc) is 2.09. The fraction of sp³-hybridized carbons (Fsp3) is 0.833. The Kier molecular flexibility index (Phi) is 2.45. The predicted octanol–water partition coefficient (Wildman–Crippen LogP) is -3.01. The lowest BCUT2D eigenvalue weighted by molar-refractivity contribution is -0.298. The number of rotatable bonds is 1. The van der Waals surface area contributed by atoms with Gasteiger partial charge in [0, 0.05) is 0 Å². The normalized spacial score (nSPS) is 43.2. The number of carbonyl (C=O) groups is 1. The summed E-state index contributed by atoms with van der Waals surface area (Å²) in [5.74, 6) is -2.95. The molecule has 0 bridgehead atoms. The summed E-state index contributed by atoms with van der Waals surface area (Å²) in [6.45, 7) is -1.40. The molecule has 1 aliphatic heterocycles. The number of carbonyl (C=O) groups excluding carboxylic acids is 1. The second kappa shape index (κ2) is 3.08. The molecule has 6 nitrogen and oxygen atoms in total. The maximum atomic E-state index is 10.7. The Bertz CT molecular complexity index is 192. The Morgan fingerprint density at radius 3 is 2.67 bits per heavy atom. The van der Waals surface area contributed by atoms with Crippen molar-refractivity contribution in [2.45, 2.75) is 18.0 Å². The van der Waals surface area contributed by atoms with Crippen LogP contribution in [0, 0.1) is 0 Å². The number of Topliss-reactive ketones (excluding diaryl/α,β-unsaturated/α-hetero) is 1. The van der Waals surface area contributed by atoms with Gasteiger partial charge in [0.25, 0.3) is 0 Å². The van der Waals surface area contributed by atoms with Crippen molar-refractivity contribution in [2.75, 3.05) is 13.2 Å². The van der Waals surface area contributed by atoms with Gasteiger partial charge >= 0.3 is 0 Å². The van der Waals surface area contributed by atoms with Crippen LogP contribution in [0.1, 0.15) is 0 Å². The van der Waals surface area contributed by atoms with Crippen LogP contribution < -0.4 is 0 Å². The first-order valence-electron chi connectivity index (χ1n) is 3.37. The molecule has 0 aliphatic carbocycles. The molecule has 1 fully saturated rings. The van der Waals surface area contributed by atoms with E-state index < -0.39 is 37.0 Å². The van der Waals surface area contributed by atoms with E-state index in [0.717, 1.165) is 0 Å². The summed E-state index contributed by atoms with van der Waals surface area (Å²) in [5.41, 5.74) is 0. The lowest BCUT2D eigenvalue weighted by Crippen LogP contribution is -2.61. The molecule has 0 aromatic carbocycles. The summed E-state index contributed by atoms with van der Waals surface area (Å²) in [6.07, 6.45) is -3.50. The molecule has 1 saturated heterocycles. The van der Waals surface area contributed by atoms with Gasteiger partial charge in [0.1, 0.15) is 18.8 Å². The molecular formula is C6H10O6. The van der Waals surface area contributed by atoms with Gasteiger partial charge in [-0.25, -0.2) is 0 Å². The van der Waals surface area contributed by atoms with Crippen LogP contribution in [0.2, 0.25) is 0 Å². The van der Waals surface area contributed by atoms with Gasteiger partial charge in [0.2, 0.25) is 5.79 Å². The Morgan fingerprint density at radius 1 is 1.58 bits per heavy atom. The van der Waals surface area contributed by atoms with Crippen molar-refractivity contribution in [2.24, 2.45) is 0 Å². The van der Waals surface area contributed by atoms with E-state index in [1.165, 1.54) is 0 Å². The zero-order chi connectivity index (χ0) is 9.35. The number of aliphatic hydroxyl groups excluding tert-OH is 3. The fourth-order valence-corrected chi connectivity index (χ4v) is 0.929. The molecule has 12 heavy (non-hydrogen) atoms. The third-order valence-electron chi connectivity index (χ3n) is 1.78. The first kappa shape index (κ1) is 9.56. The molecule has 0 aromatic rings. The van der Waals surface area contributed by atoms with Crippen LogP contribution in [0.4, 0.5) is 0 Å². The minimum atomic E-state index is -2.23. The van der Waals surface area contributed by atoms with Crippen LogP contribution in [0.15, 0.2) is 0 Å². The van der Waals surface area contributed by atoms with Gasteiger partial charge in [-0.1, -0.05) is 0 Å². The number of aliphatic hydroxyl groups is 4. The predicted molar refractivity (Wildman–Crippen MR) is 35.0 cm³/mol. The van der Waals surface area contributed by atoms with Crippen molar-refractivity contribution in [3.05, 3.63) is 0 Å². The van der Waals surface area contributed by atoms with E-state index >= 15 is 0 Å². The van der Waals surface area contributed by atoms with E-state index in [-0.39, 0.29) is 0 Å². The Labute approximate surface area is 68.0 Å². The highest BCUT2D eigenvalue weighted by molar-refractivity contribution is 5.85. The number of hydrogen-bond donors (Lipinski definition) is 4. The highest BCUT2D eigenvalue weighted by Gasteiger charge is 2.47. The van der Waals surface area contributed by atoms with Crippen LogP contribution >= 0.6 is 0 Å². The van der Waals surface area contributed by atoms with Crippen molar-refractivity contribution in [3.8, 4) is 0 Å². The van der Waals surface area contributed by atoms with Gasteiger partial charge in [0.05, 0.1) is 6.61 Å². The smallest absolute Gasteiger partial charge is 0.219 e. The van der Waals surface area contributed by atoms with Crippen LogP contribution in [-0.4, -0.2) is 57.4 Å². The van der Waals surface area contributed by atoms with E-state index in [9.17, 15) is 9.90 Å². The third kappa shape index (κ3) is 1.35. The second-order valence-corrected chi connectivity index (χ2v) is 2.65. The lowest BCUT2D eigenvalue weighted by Gasteiger charge is -2.36.